The average molecular weight is 188 g/mol. The smallest absolute Gasteiger partial charge is 0.274 e. The normalized spacial score (nSPS) is 20.3. The lowest BCUT2D eigenvalue weighted by Crippen LogP contribution is -2.48. The highest BCUT2D eigenvalue weighted by molar-refractivity contribution is 4.61. The summed E-state index contributed by atoms with van der Waals surface area (Å²) in [5.41, 5.74) is 0. The van der Waals surface area contributed by atoms with Crippen molar-refractivity contribution >= 4 is 0 Å². The molecule has 1 heterocycles. The highest BCUT2D eigenvalue weighted by Crippen LogP contribution is 2.40. The lowest BCUT2D eigenvalue weighted by atomic mass is 10.1. The molecule has 0 unspecified atom stereocenters. The first-order valence-corrected chi connectivity index (χ1v) is 5.20. The standard InChI is InChI=1S/C10H22NO2/c1-5-6-7-8-9-10(12-13-10)11(2,3)4/h5-9H2,1-4H3/q+1. The molecule has 0 spiro atoms. The first-order chi connectivity index (χ1) is 6.02. The molecule has 3 heteroatoms. The summed E-state index contributed by atoms with van der Waals surface area (Å²) in [6.07, 6.45) is 6.08. The van der Waals surface area contributed by atoms with E-state index < -0.39 is 0 Å². The molecule has 13 heavy (non-hydrogen) atoms. The van der Waals surface area contributed by atoms with E-state index in [0.29, 0.717) is 0 Å². The maximum atomic E-state index is 5.11. The molecule has 0 radical (unpaired) electrons. The molecule has 0 bridgehead atoms. The van der Waals surface area contributed by atoms with Crippen molar-refractivity contribution in [3.8, 4) is 0 Å². The molecule has 0 aromatic heterocycles. The fourth-order valence-electron chi connectivity index (χ4n) is 1.47. The van der Waals surface area contributed by atoms with Gasteiger partial charge in [-0.05, 0) is 6.42 Å². The Hall–Kier alpha value is -0.120. The number of nitrogens with zero attached hydrogens (tertiary/aromatic N) is 1. The van der Waals surface area contributed by atoms with Crippen molar-refractivity contribution < 1.29 is 14.3 Å². The van der Waals surface area contributed by atoms with Crippen LogP contribution in [0.15, 0.2) is 0 Å². The van der Waals surface area contributed by atoms with Gasteiger partial charge in [-0.25, -0.2) is 0 Å². The largest absolute Gasteiger partial charge is 0.373 e. The molecule has 0 aromatic rings. The van der Waals surface area contributed by atoms with E-state index in [2.05, 4.69) is 28.1 Å². The zero-order chi connectivity index (χ0) is 9.95. The van der Waals surface area contributed by atoms with Gasteiger partial charge >= 0.3 is 5.91 Å². The predicted octanol–water partition coefficient (Wildman–Crippen LogP) is 2.28. The Morgan fingerprint density at radius 3 is 2.00 bits per heavy atom. The van der Waals surface area contributed by atoms with Crippen molar-refractivity contribution in [2.75, 3.05) is 21.1 Å². The lowest BCUT2D eigenvalue weighted by Gasteiger charge is -2.26. The van der Waals surface area contributed by atoms with Gasteiger partial charge in [0.25, 0.3) is 0 Å². The molecule has 0 saturated carbocycles. The van der Waals surface area contributed by atoms with E-state index in [1.165, 1.54) is 25.7 Å². The van der Waals surface area contributed by atoms with Crippen LogP contribution in [0.25, 0.3) is 0 Å². The molecule has 1 aliphatic rings. The van der Waals surface area contributed by atoms with E-state index in [-0.39, 0.29) is 5.91 Å². The van der Waals surface area contributed by atoms with Crippen LogP contribution in [0.4, 0.5) is 0 Å². The van der Waals surface area contributed by atoms with Crippen LogP contribution >= 0.6 is 0 Å². The minimum Gasteiger partial charge on any atom is -0.274 e. The molecular formula is C10H22NO2+. The Kier molecular flexibility index (Phi) is 3.33. The fourth-order valence-corrected chi connectivity index (χ4v) is 1.47. The summed E-state index contributed by atoms with van der Waals surface area (Å²) in [7, 11) is 6.31. The summed E-state index contributed by atoms with van der Waals surface area (Å²) >= 11 is 0. The van der Waals surface area contributed by atoms with Gasteiger partial charge in [-0.2, -0.15) is 0 Å². The first kappa shape index (κ1) is 11.0. The van der Waals surface area contributed by atoms with Crippen LogP contribution < -0.4 is 0 Å². The Morgan fingerprint density at radius 1 is 1.00 bits per heavy atom. The summed E-state index contributed by atoms with van der Waals surface area (Å²) in [6, 6.07) is 0. The highest BCUT2D eigenvalue weighted by Gasteiger charge is 2.60. The molecule has 1 aliphatic heterocycles. The number of rotatable bonds is 6. The third kappa shape index (κ3) is 2.66. The molecule has 0 atom stereocenters. The van der Waals surface area contributed by atoms with Crippen LogP contribution in [0, 0.1) is 0 Å². The Balaban J connectivity index is 2.21. The number of hydrogen-bond donors (Lipinski definition) is 0. The van der Waals surface area contributed by atoms with Crippen LogP contribution in [0.1, 0.15) is 39.0 Å². The van der Waals surface area contributed by atoms with Crippen LogP contribution in [0.3, 0.4) is 0 Å². The maximum absolute atomic E-state index is 5.11. The third-order valence-electron chi connectivity index (χ3n) is 2.64. The molecule has 0 aromatic carbocycles. The van der Waals surface area contributed by atoms with E-state index in [4.69, 9.17) is 9.78 Å². The zero-order valence-electron chi connectivity index (χ0n) is 9.30. The highest BCUT2D eigenvalue weighted by atomic mass is 17.4. The molecule has 1 fully saturated rings. The zero-order valence-corrected chi connectivity index (χ0v) is 9.30. The SMILES string of the molecule is CCCCCCC1([N+](C)(C)C)OO1. The fraction of sp³-hybridized carbons (Fsp3) is 1.00. The predicted molar refractivity (Wildman–Crippen MR) is 51.7 cm³/mol. The van der Waals surface area contributed by atoms with Crippen molar-refractivity contribution in [1.29, 1.82) is 0 Å². The monoisotopic (exact) mass is 188 g/mol. The van der Waals surface area contributed by atoms with Crippen LogP contribution in [-0.2, 0) is 9.78 Å². The Bertz CT molecular complexity index is 159. The maximum Gasteiger partial charge on any atom is 0.373 e. The number of unbranched alkanes of at least 4 members (excludes halogenated alkanes) is 3. The Morgan fingerprint density at radius 2 is 1.62 bits per heavy atom. The van der Waals surface area contributed by atoms with Gasteiger partial charge in [-0.3, -0.25) is 4.48 Å². The second kappa shape index (κ2) is 3.95. The summed E-state index contributed by atoms with van der Waals surface area (Å²) in [5.74, 6) is -0.326. The van der Waals surface area contributed by atoms with Crippen molar-refractivity contribution in [1.82, 2.24) is 0 Å². The number of hydrogen-bond acceptors (Lipinski definition) is 2. The van der Waals surface area contributed by atoms with Gasteiger partial charge in [0.15, 0.2) is 0 Å². The first-order valence-electron chi connectivity index (χ1n) is 5.20. The van der Waals surface area contributed by atoms with Crippen molar-refractivity contribution in [2.24, 2.45) is 0 Å². The van der Waals surface area contributed by atoms with E-state index >= 15 is 0 Å². The van der Waals surface area contributed by atoms with Gasteiger partial charge in [-0.15, -0.1) is 9.78 Å². The van der Waals surface area contributed by atoms with Gasteiger partial charge < -0.3 is 0 Å². The van der Waals surface area contributed by atoms with Gasteiger partial charge in [0, 0.05) is 0 Å². The lowest BCUT2D eigenvalue weighted by molar-refractivity contribution is -0.928. The quantitative estimate of drug-likeness (QED) is 0.276. The van der Waals surface area contributed by atoms with Gasteiger partial charge in [0.1, 0.15) is 0 Å². The van der Waals surface area contributed by atoms with Crippen LogP contribution in [-0.4, -0.2) is 31.5 Å². The molecule has 3 nitrogen and oxygen atoms in total. The summed E-state index contributed by atoms with van der Waals surface area (Å²) in [5, 5.41) is 0. The van der Waals surface area contributed by atoms with E-state index in [1.807, 2.05) is 0 Å². The van der Waals surface area contributed by atoms with E-state index in [0.717, 1.165) is 10.9 Å². The van der Waals surface area contributed by atoms with Crippen LogP contribution in [0.2, 0.25) is 0 Å². The number of quaternary nitrogens is 1. The average Bonchev–Trinajstić information content (AvgIpc) is 2.77. The van der Waals surface area contributed by atoms with Gasteiger partial charge in [-0.1, -0.05) is 26.2 Å². The molecule has 0 N–H and O–H groups in total. The molecule has 78 valence electrons. The molecule has 1 saturated heterocycles. The summed E-state index contributed by atoms with van der Waals surface area (Å²) < 4.78 is 0.735. The van der Waals surface area contributed by atoms with Gasteiger partial charge in [0.2, 0.25) is 0 Å². The Labute approximate surface area is 81.1 Å². The minimum atomic E-state index is -0.326. The van der Waals surface area contributed by atoms with Crippen molar-refractivity contribution in [3.63, 3.8) is 0 Å². The second-order valence-corrected chi connectivity index (χ2v) is 4.70. The minimum absolute atomic E-state index is 0.326. The van der Waals surface area contributed by atoms with Crippen molar-refractivity contribution in [3.05, 3.63) is 0 Å². The molecular weight excluding hydrogens is 166 g/mol. The van der Waals surface area contributed by atoms with E-state index in [9.17, 15) is 0 Å². The molecule has 0 aliphatic carbocycles. The topological polar surface area (TPSA) is 25.1 Å². The second-order valence-electron chi connectivity index (χ2n) is 4.70. The van der Waals surface area contributed by atoms with Crippen LogP contribution in [0.5, 0.6) is 0 Å². The van der Waals surface area contributed by atoms with Crippen molar-refractivity contribution in [2.45, 2.75) is 44.9 Å². The third-order valence-corrected chi connectivity index (χ3v) is 2.64. The van der Waals surface area contributed by atoms with E-state index in [1.54, 1.807) is 0 Å². The summed E-state index contributed by atoms with van der Waals surface area (Å²) in [4.78, 5) is 10.2. The molecule has 0 amide bonds. The molecule has 1 rings (SSSR count). The van der Waals surface area contributed by atoms with Gasteiger partial charge in [0.05, 0.1) is 27.6 Å². The summed E-state index contributed by atoms with van der Waals surface area (Å²) in [6.45, 7) is 2.22.